The van der Waals surface area contributed by atoms with E-state index in [0.717, 1.165) is 0 Å². The molecule has 0 aliphatic rings. The maximum atomic E-state index is 12.1. The second kappa shape index (κ2) is 8.48. The predicted octanol–water partition coefficient (Wildman–Crippen LogP) is 3.19. The summed E-state index contributed by atoms with van der Waals surface area (Å²) in [6.45, 7) is -0.602. The van der Waals surface area contributed by atoms with Gasteiger partial charge in [0.15, 0.2) is 12.4 Å². The van der Waals surface area contributed by atoms with Crippen molar-refractivity contribution in [2.75, 3.05) is 6.61 Å². The van der Waals surface area contributed by atoms with Gasteiger partial charge >= 0.3 is 5.97 Å². The minimum absolute atomic E-state index is 0.0135. The molecule has 0 atom stereocenters. The van der Waals surface area contributed by atoms with Gasteiger partial charge in [-0.2, -0.15) is 0 Å². The number of carbonyl (C=O) groups is 3. The Morgan fingerprint density at radius 2 is 1.67 bits per heavy atom. The molecule has 2 amide bonds. The first-order valence-corrected chi connectivity index (χ1v) is 7.99. The Hall–Kier alpha value is -3.87. The zero-order valence-electron chi connectivity index (χ0n) is 14.1. The summed E-state index contributed by atoms with van der Waals surface area (Å²) >= 11 is 0. The van der Waals surface area contributed by atoms with E-state index >= 15 is 0 Å². The van der Waals surface area contributed by atoms with Gasteiger partial charge in [-0.05, 0) is 42.5 Å². The number of esters is 1. The van der Waals surface area contributed by atoms with Crippen molar-refractivity contribution in [2.24, 2.45) is 0 Å². The van der Waals surface area contributed by atoms with Crippen LogP contribution in [0.1, 0.15) is 20.9 Å². The quantitative estimate of drug-likeness (QED) is 0.674. The molecule has 0 aliphatic heterocycles. The minimum Gasteiger partial charge on any atom is -0.459 e. The number of amides is 2. The molecule has 1 N–H and O–H groups in total. The van der Waals surface area contributed by atoms with Gasteiger partial charge in [-0.25, -0.2) is 4.79 Å². The Labute approximate surface area is 154 Å². The number of rotatable bonds is 6. The number of benzene rings is 2. The van der Waals surface area contributed by atoms with Crippen molar-refractivity contribution >= 4 is 17.8 Å². The number of hydrogen-bond acceptors (Lipinski definition) is 6. The molecule has 0 saturated carbocycles. The van der Waals surface area contributed by atoms with Gasteiger partial charge in [0, 0.05) is 0 Å². The van der Waals surface area contributed by atoms with Gasteiger partial charge < -0.3 is 13.9 Å². The van der Waals surface area contributed by atoms with E-state index in [9.17, 15) is 14.4 Å². The van der Waals surface area contributed by atoms with Gasteiger partial charge in [-0.1, -0.05) is 24.3 Å². The summed E-state index contributed by atoms with van der Waals surface area (Å²) in [5.41, 5.74) is 0.216. The Bertz CT molecular complexity index is 934. The summed E-state index contributed by atoms with van der Waals surface area (Å²) < 4.78 is 15.4. The third kappa shape index (κ3) is 5.05. The zero-order chi connectivity index (χ0) is 19.1. The largest absolute Gasteiger partial charge is 0.459 e. The van der Waals surface area contributed by atoms with Crippen molar-refractivity contribution in [3.63, 3.8) is 0 Å². The lowest BCUT2D eigenvalue weighted by Crippen LogP contribution is -2.33. The van der Waals surface area contributed by atoms with Crippen molar-refractivity contribution in [3.05, 3.63) is 84.3 Å². The highest BCUT2D eigenvalue weighted by atomic mass is 16.5. The number of para-hydroxylation sites is 1. The summed E-state index contributed by atoms with van der Waals surface area (Å²) in [7, 11) is 0. The SMILES string of the molecule is O=C(COC(=O)c1cccc(Oc2ccccc2)c1)NC(=O)c1ccco1. The fraction of sp³-hybridized carbons (Fsp3) is 0.0500. The van der Waals surface area contributed by atoms with Crippen LogP contribution in [-0.4, -0.2) is 24.4 Å². The van der Waals surface area contributed by atoms with E-state index in [1.54, 1.807) is 24.3 Å². The molecule has 7 heteroatoms. The van der Waals surface area contributed by atoms with Gasteiger partial charge in [0.2, 0.25) is 0 Å². The summed E-state index contributed by atoms with van der Waals surface area (Å²) in [6, 6.07) is 18.4. The maximum absolute atomic E-state index is 12.1. The van der Waals surface area contributed by atoms with E-state index in [-0.39, 0.29) is 11.3 Å². The minimum atomic E-state index is -0.763. The molecule has 0 bridgehead atoms. The average molecular weight is 365 g/mol. The van der Waals surface area contributed by atoms with E-state index < -0.39 is 24.4 Å². The third-order valence-electron chi connectivity index (χ3n) is 3.38. The first-order chi connectivity index (χ1) is 13.1. The fourth-order valence-corrected chi connectivity index (χ4v) is 2.16. The Morgan fingerprint density at radius 1 is 0.889 bits per heavy atom. The third-order valence-corrected chi connectivity index (χ3v) is 3.38. The molecule has 2 aromatic carbocycles. The summed E-state index contributed by atoms with van der Waals surface area (Å²) in [6.07, 6.45) is 1.31. The molecule has 0 unspecified atom stereocenters. The molecule has 0 fully saturated rings. The van der Waals surface area contributed by atoms with Crippen LogP contribution in [0.3, 0.4) is 0 Å². The Balaban J connectivity index is 1.54. The number of imide groups is 1. The van der Waals surface area contributed by atoms with E-state index in [1.165, 1.54) is 30.5 Å². The molecule has 3 rings (SSSR count). The normalized spacial score (nSPS) is 10.1. The molecule has 7 nitrogen and oxygen atoms in total. The average Bonchev–Trinajstić information content (AvgIpc) is 3.22. The number of hydrogen-bond donors (Lipinski definition) is 1. The predicted molar refractivity (Wildman–Crippen MR) is 94.4 cm³/mol. The smallest absolute Gasteiger partial charge is 0.338 e. The van der Waals surface area contributed by atoms with E-state index in [2.05, 4.69) is 5.32 Å². The monoisotopic (exact) mass is 365 g/mol. The first-order valence-electron chi connectivity index (χ1n) is 7.99. The maximum Gasteiger partial charge on any atom is 0.338 e. The van der Waals surface area contributed by atoms with Gasteiger partial charge in [0.05, 0.1) is 11.8 Å². The van der Waals surface area contributed by atoms with Crippen LogP contribution in [0.2, 0.25) is 0 Å². The van der Waals surface area contributed by atoms with Crippen LogP contribution in [0.15, 0.2) is 77.4 Å². The zero-order valence-corrected chi connectivity index (χ0v) is 14.1. The van der Waals surface area contributed by atoms with Crippen molar-refractivity contribution in [1.82, 2.24) is 5.32 Å². The van der Waals surface area contributed by atoms with Crippen molar-refractivity contribution in [1.29, 1.82) is 0 Å². The topological polar surface area (TPSA) is 94.8 Å². The van der Waals surface area contributed by atoms with Gasteiger partial charge in [0.25, 0.3) is 11.8 Å². The summed E-state index contributed by atoms with van der Waals surface area (Å²) in [5, 5.41) is 2.06. The second-order valence-corrected chi connectivity index (χ2v) is 5.37. The van der Waals surface area contributed by atoms with E-state index in [4.69, 9.17) is 13.9 Å². The fourth-order valence-electron chi connectivity index (χ4n) is 2.16. The molecule has 0 saturated heterocycles. The second-order valence-electron chi connectivity index (χ2n) is 5.37. The number of furan rings is 1. The Morgan fingerprint density at radius 3 is 2.41 bits per heavy atom. The lowest BCUT2D eigenvalue weighted by molar-refractivity contribution is -0.123. The molecule has 0 aliphatic carbocycles. The van der Waals surface area contributed by atoms with Crippen LogP contribution in [-0.2, 0) is 9.53 Å². The van der Waals surface area contributed by atoms with Crippen LogP contribution in [0.5, 0.6) is 11.5 Å². The molecule has 0 radical (unpaired) electrons. The van der Waals surface area contributed by atoms with Crippen molar-refractivity contribution < 1.29 is 28.3 Å². The number of carbonyl (C=O) groups excluding carboxylic acids is 3. The standard InChI is InChI=1S/C20H15NO6/c22-18(21-19(23)17-10-5-11-25-17)13-26-20(24)14-6-4-9-16(12-14)27-15-7-2-1-3-8-15/h1-12H,13H2,(H,21,22,23). The Kier molecular flexibility index (Phi) is 5.64. The molecule has 136 valence electrons. The van der Waals surface area contributed by atoms with Crippen LogP contribution >= 0.6 is 0 Å². The number of ether oxygens (including phenoxy) is 2. The summed E-state index contributed by atoms with van der Waals surface area (Å²) in [5.74, 6) is -1.12. The highest BCUT2D eigenvalue weighted by molar-refractivity contribution is 6.04. The lowest BCUT2D eigenvalue weighted by atomic mass is 10.2. The van der Waals surface area contributed by atoms with Gasteiger partial charge in [-0.3, -0.25) is 14.9 Å². The number of nitrogens with one attached hydrogen (secondary N) is 1. The van der Waals surface area contributed by atoms with Crippen LogP contribution in [0.4, 0.5) is 0 Å². The lowest BCUT2D eigenvalue weighted by Gasteiger charge is -2.08. The molecule has 3 aromatic rings. The molecule has 0 spiro atoms. The van der Waals surface area contributed by atoms with Crippen LogP contribution in [0.25, 0.3) is 0 Å². The molecule has 1 heterocycles. The molecule has 1 aromatic heterocycles. The highest BCUT2D eigenvalue weighted by Gasteiger charge is 2.15. The van der Waals surface area contributed by atoms with Gasteiger partial charge in [0.1, 0.15) is 11.5 Å². The molecule has 27 heavy (non-hydrogen) atoms. The van der Waals surface area contributed by atoms with E-state index in [1.807, 2.05) is 18.2 Å². The highest BCUT2D eigenvalue weighted by Crippen LogP contribution is 2.22. The summed E-state index contributed by atoms with van der Waals surface area (Å²) in [4.78, 5) is 35.5. The van der Waals surface area contributed by atoms with Crippen LogP contribution in [0, 0.1) is 0 Å². The van der Waals surface area contributed by atoms with Crippen molar-refractivity contribution in [2.45, 2.75) is 0 Å². The van der Waals surface area contributed by atoms with Gasteiger partial charge in [-0.15, -0.1) is 0 Å². The van der Waals surface area contributed by atoms with Crippen LogP contribution < -0.4 is 10.1 Å². The molecular formula is C20H15NO6. The van der Waals surface area contributed by atoms with Crippen molar-refractivity contribution in [3.8, 4) is 11.5 Å². The first kappa shape index (κ1) is 17.9. The molecular weight excluding hydrogens is 350 g/mol. The van der Waals surface area contributed by atoms with E-state index in [0.29, 0.717) is 11.5 Å².